The van der Waals surface area contributed by atoms with Gasteiger partial charge in [-0.25, -0.2) is 4.98 Å². The van der Waals surface area contributed by atoms with E-state index in [-0.39, 0.29) is 19.7 Å². The number of hydrogen-bond acceptors (Lipinski definition) is 7. The molecule has 1 aromatic carbocycles. The van der Waals surface area contributed by atoms with Gasteiger partial charge in [0.1, 0.15) is 16.3 Å². The highest BCUT2D eigenvalue weighted by Gasteiger charge is 2.46. The molecule has 4 rings (SSSR count). The molecule has 0 amide bonds. The minimum atomic E-state index is -2.58. The van der Waals surface area contributed by atoms with Gasteiger partial charge in [-0.2, -0.15) is 4.98 Å². The van der Waals surface area contributed by atoms with Crippen LogP contribution in [0.1, 0.15) is 29.2 Å². The topological polar surface area (TPSA) is 87.6 Å². The summed E-state index contributed by atoms with van der Waals surface area (Å²) in [5, 5.41) is 13.4. The molecule has 3 heterocycles. The van der Waals surface area contributed by atoms with Crippen LogP contribution in [0.4, 0.5) is 11.8 Å². The molecule has 0 saturated carbocycles. The lowest BCUT2D eigenvalue weighted by Gasteiger charge is -2.49. The summed E-state index contributed by atoms with van der Waals surface area (Å²) in [4.78, 5) is 11.6. The van der Waals surface area contributed by atoms with Crippen LogP contribution >= 0.6 is 11.6 Å². The van der Waals surface area contributed by atoms with Crippen LogP contribution in [-0.4, -0.2) is 57.3 Å². The van der Waals surface area contributed by atoms with Crippen molar-refractivity contribution < 1.29 is 18.2 Å². The summed E-state index contributed by atoms with van der Waals surface area (Å²) in [6.07, 6.45) is 0.563. The normalized spacial score (nSPS) is 22.3. The first-order valence-corrected chi connectivity index (χ1v) is 11.0. The highest BCUT2D eigenvalue weighted by molar-refractivity contribution is 7.85. The summed E-state index contributed by atoms with van der Waals surface area (Å²) < 4.78 is 41.0. The van der Waals surface area contributed by atoms with Crippen molar-refractivity contribution in [1.82, 2.24) is 9.97 Å². The first-order chi connectivity index (χ1) is 14.9. The Balaban J connectivity index is 1.66. The predicted molar refractivity (Wildman–Crippen MR) is 114 cm³/mol. The molecule has 0 radical (unpaired) electrons. The van der Waals surface area contributed by atoms with Gasteiger partial charge in [0.15, 0.2) is 0 Å². The number of halogens is 1. The number of ether oxygens (including phenoxy) is 1. The minimum Gasteiger partial charge on any atom is -0.394 e. The van der Waals surface area contributed by atoms with Gasteiger partial charge in [-0.15, -0.1) is 0 Å². The second-order valence-corrected chi connectivity index (χ2v) is 10.0. The van der Waals surface area contributed by atoms with Crippen LogP contribution in [0.2, 0.25) is 5.02 Å². The molecule has 1 atom stereocenters. The van der Waals surface area contributed by atoms with Crippen molar-refractivity contribution in [3.8, 4) is 0 Å². The van der Waals surface area contributed by atoms with Gasteiger partial charge in [-0.1, -0.05) is 23.7 Å². The minimum absolute atomic E-state index is 0.135. The van der Waals surface area contributed by atoms with Gasteiger partial charge in [0.25, 0.3) is 0 Å². The Morgan fingerprint density at radius 1 is 1.38 bits per heavy atom. The van der Waals surface area contributed by atoms with Gasteiger partial charge in [0.05, 0.1) is 45.8 Å². The van der Waals surface area contributed by atoms with Gasteiger partial charge in [-0.3, -0.25) is 4.21 Å². The van der Waals surface area contributed by atoms with E-state index in [4.69, 9.17) is 20.5 Å². The standard InChI is InChI=1S/C20H25ClN4O3S/c1-19(2,12-26)24-17-16-15(8-9-29(16)27)22-18(23-17)25-10-20(11-25,28-3)13-4-6-14(21)7-5-13/h4-7,26H,8-12H2,1-3H3,(H,22,23,24)/i3D3. The summed E-state index contributed by atoms with van der Waals surface area (Å²) in [6, 6.07) is 6.92. The SMILES string of the molecule is [2H]C([2H])([2H])OC1(c2ccc(Cl)cc2)CN(c2nc3c(c(NC(C)(C)CO)n2)S(=O)CC3)C1. The molecule has 9 heteroatoms. The van der Waals surface area contributed by atoms with E-state index in [2.05, 4.69) is 15.3 Å². The molecule has 2 aromatic rings. The monoisotopic (exact) mass is 439 g/mol. The van der Waals surface area contributed by atoms with E-state index in [1.54, 1.807) is 24.3 Å². The lowest BCUT2D eigenvalue weighted by Crippen LogP contribution is -2.61. The molecule has 1 saturated heterocycles. The summed E-state index contributed by atoms with van der Waals surface area (Å²) in [5.74, 6) is 1.30. The fourth-order valence-corrected chi connectivity index (χ4v) is 4.97. The molecule has 0 bridgehead atoms. The van der Waals surface area contributed by atoms with Gasteiger partial charge in [0.2, 0.25) is 5.95 Å². The van der Waals surface area contributed by atoms with Crippen LogP contribution in [0.5, 0.6) is 0 Å². The molecular weight excluding hydrogens is 412 g/mol. The molecule has 0 spiro atoms. The maximum atomic E-state index is 12.5. The van der Waals surface area contributed by atoms with Gasteiger partial charge < -0.3 is 20.1 Å². The van der Waals surface area contributed by atoms with E-state index >= 15 is 0 Å². The fourth-order valence-electron chi connectivity index (χ4n) is 3.54. The molecule has 2 aliphatic rings. The summed E-state index contributed by atoms with van der Waals surface area (Å²) >= 11 is 6.00. The van der Waals surface area contributed by atoms with Crippen molar-refractivity contribution in [2.75, 3.05) is 42.7 Å². The van der Waals surface area contributed by atoms with Crippen molar-refractivity contribution in [2.45, 2.75) is 36.3 Å². The fraction of sp³-hybridized carbons (Fsp3) is 0.500. The Hall–Kier alpha value is -1.74. The maximum Gasteiger partial charge on any atom is 0.227 e. The number of anilines is 2. The average molecular weight is 440 g/mol. The molecule has 1 aromatic heterocycles. The highest BCUT2D eigenvalue weighted by atomic mass is 35.5. The van der Waals surface area contributed by atoms with E-state index in [0.717, 1.165) is 0 Å². The van der Waals surface area contributed by atoms with E-state index in [1.165, 1.54) is 0 Å². The number of rotatable bonds is 6. The Labute approximate surface area is 182 Å². The molecule has 156 valence electrons. The largest absolute Gasteiger partial charge is 0.394 e. The number of aliphatic hydroxyl groups is 1. The summed E-state index contributed by atoms with van der Waals surface area (Å²) in [6.45, 7) is 3.97. The number of nitrogens with one attached hydrogen (secondary N) is 1. The van der Waals surface area contributed by atoms with E-state index < -0.39 is 29.0 Å². The van der Waals surface area contributed by atoms with Crippen molar-refractivity contribution in [1.29, 1.82) is 0 Å². The molecule has 2 N–H and O–H groups in total. The van der Waals surface area contributed by atoms with Crippen LogP contribution in [0, 0.1) is 0 Å². The van der Waals surface area contributed by atoms with E-state index in [1.807, 2.05) is 18.7 Å². The highest BCUT2D eigenvalue weighted by Crippen LogP contribution is 2.39. The first kappa shape index (κ1) is 17.0. The zero-order chi connectivity index (χ0) is 23.3. The van der Waals surface area contributed by atoms with Crippen molar-refractivity contribution >= 4 is 34.2 Å². The Kier molecular flexibility index (Phi) is 4.40. The first-order valence-electron chi connectivity index (χ1n) is 10.8. The quantitative estimate of drug-likeness (QED) is 0.714. The maximum absolute atomic E-state index is 12.5. The van der Waals surface area contributed by atoms with Crippen LogP contribution in [-0.2, 0) is 27.6 Å². The number of aromatic nitrogens is 2. The molecule has 0 aliphatic carbocycles. The number of benzene rings is 1. The molecule has 1 fully saturated rings. The number of hydrogen-bond donors (Lipinski definition) is 2. The smallest absolute Gasteiger partial charge is 0.227 e. The molecule has 1 unspecified atom stereocenters. The van der Waals surface area contributed by atoms with Crippen LogP contribution in [0.15, 0.2) is 29.2 Å². The second kappa shape index (κ2) is 7.50. The second-order valence-electron chi connectivity index (χ2n) is 8.07. The third-order valence-corrected chi connectivity index (χ3v) is 6.98. The van der Waals surface area contributed by atoms with Crippen LogP contribution in [0.3, 0.4) is 0 Å². The van der Waals surface area contributed by atoms with Crippen molar-refractivity contribution in [2.24, 2.45) is 0 Å². The summed E-state index contributed by atoms with van der Waals surface area (Å²) in [7, 11) is -3.80. The zero-order valence-electron chi connectivity index (χ0n) is 19.2. The van der Waals surface area contributed by atoms with Crippen molar-refractivity contribution in [3.63, 3.8) is 0 Å². The number of nitrogens with zero attached hydrogens (tertiary/aromatic N) is 3. The van der Waals surface area contributed by atoms with E-state index in [0.29, 0.717) is 45.1 Å². The Bertz CT molecular complexity index is 1040. The lowest BCUT2D eigenvalue weighted by atomic mass is 9.86. The molecular formula is C20H25ClN4O3S. The number of methoxy groups -OCH3 is 1. The number of aliphatic hydroxyl groups excluding tert-OH is 1. The predicted octanol–water partition coefficient (Wildman–Crippen LogP) is 2.34. The van der Waals surface area contributed by atoms with Gasteiger partial charge in [-0.05, 0) is 31.5 Å². The molecule has 29 heavy (non-hydrogen) atoms. The average Bonchev–Trinajstić information content (AvgIpc) is 3.05. The Morgan fingerprint density at radius 2 is 2.10 bits per heavy atom. The third kappa shape index (κ3) is 3.74. The van der Waals surface area contributed by atoms with Gasteiger partial charge >= 0.3 is 0 Å². The van der Waals surface area contributed by atoms with Crippen molar-refractivity contribution in [3.05, 3.63) is 40.5 Å². The van der Waals surface area contributed by atoms with Crippen LogP contribution < -0.4 is 10.2 Å². The summed E-state index contributed by atoms with van der Waals surface area (Å²) in [5.41, 5.74) is -0.320. The molecule has 2 aliphatic heterocycles. The van der Waals surface area contributed by atoms with E-state index in [9.17, 15) is 9.32 Å². The van der Waals surface area contributed by atoms with Gasteiger partial charge in [0, 0.05) is 24.2 Å². The number of aryl methyl sites for hydroxylation is 1. The number of fused-ring (bicyclic) bond motifs is 1. The molecule has 7 nitrogen and oxygen atoms in total. The third-order valence-electron chi connectivity index (χ3n) is 5.27. The van der Waals surface area contributed by atoms with Crippen LogP contribution in [0.25, 0.3) is 0 Å². The zero-order valence-corrected chi connectivity index (χ0v) is 17.8. The Morgan fingerprint density at radius 3 is 2.76 bits per heavy atom. The lowest BCUT2D eigenvalue weighted by molar-refractivity contribution is -0.0390.